The average Bonchev–Trinajstić information content (AvgIpc) is 2.83. The molecule has 108 valence electrons. The minimum atomic E-state index is 0.581. The van der Waals surface area contributed by atoms with Gasteiger partial charge in [0.05, 0.1) is 0 Å². The van der Waals surface area contributed by atoms with Gasteiger partial charge in [0.1, 0.15) is 0 Å². The Balaban J connectivity index is 1.77. The first kappa shape index (κ1) is 13.7. The van der Waals surface area contributed by atoms with Gasteiger partial charge in [-0.3, -0.25) is 0 Å². The van der Waals surface area contributed by atoms with Crippen molar-refractivity contribution in [3.8, 4) is 0 Å². The Hall–Kier alpha value is -2.22. The number of aromatic nitrogens is 1. The van der Waals surface area contributed by atoms with Crippen LogP contribution in [0, 0.1) is 0 Å². The number of hydrogen-bond acceptors (Lipinski definition) is 1. The molecule has 0 amide bonds. The molecule has 0 bridgehead atoms. The van der Waals surface area contributed by atoms with Crippen LogP contribution in [0.3, 0.4) is 0 Å². The molecule has 0 unspecified atom stereocenters. The summed E-state index contributed by atoms with van der Waals surface area (Å²) in [5, 5.41) is 4.84. The van der Waals surface area contributed by atoms with Gasteiger partial charge in [-0.15, -0.1) is 0 Å². The standard InChI is InChI=1S/C19H22N2/c1-14(2)15-8-10-17(11-9-15)20-12-16-13-21(3)19-7-5-4-6-18(16)19/h4-11,13-14,20H,12H2,1-3H3. The summed E-state index contributed by atoms with van der Waals surface area (Å²) in [6.45, 7) is 5.29. The van der Waals surface area contributed by atoms with Gasteiger partial charge in [0, 0.05) is 36.4 Å². The molecule has 2 aromatic carbocycles. The minimum absolute atomic E-state index is 0.581. The summed E-state index contributed by atoms with van der Waals surface area (Å²) in [6, 6.07) is 17.3. The summed E-state index contributed by atoms with van der Waals surface area (Å²) >= 11 is 0. The van der Waals surface area contributed by atoms with E-state index in [4.69, 9.17) is 0 Å². The van der Waals surface area contributed by atoms with Crippen LogP contribution in [0.2, 0.25) is 0 Å². The van der Waals surface area contributed by atoms with E-state index in [1.54, 1.807) is 0 Å². The van der Waals surface area contributed by atoms with Gasteiger partial charge in [-0.2, -0.15) is 0 Å². The van der Waals surface area contributed by atoms with Crippen molar-refractivity contribution in [1.82, 2.24) is 4.57 Å². The summed E-state index contributed by atoms with van der Waals surface area (Å²) in [4.78, 5) is 0. The van der Waals surface area contributed by atoms with E-state index < -0.39 is 0 Å². The van der Waals surface area contributed by atoms with Crippen molar-refractivity contribution in [2.75, 3.05) is 5.32 Å². The molecular weight excluding hydrogens is 256 g/mol. The fraction of sp³-hybridized carbons (Fsp3) is 0.263. The van der Waals surface area contributed by atoms with Gasteiger partial charge in [-0.1, -0.05) is 44.2 Å². The molecule has 0 saturated heterocycles. The Morgan fingerprint density at radius 3 is 2.43 bits per heavy atom. The first-order chi connectivity index (χ1) is 10.1. The first-order valence-electron chi connectivity index (χ1n) is 7.52. The highest BCUT2D eigenvalue weighted by molar-refractivity contribution is 5.84. The van der Waals surface area contributed by atoms with Crippen LogP contribution >= 0.6 is 0 Å². The number of hydrogen-bond donors (Lipinski definition) is 1. The zero-order chi connectivity index (χ0) is 14.8. The van der Waals surface area contributed by atoms with Gasteiger partial charge in [0.25, 0.3) is 0 Å². The van der Waals surface area contributed by atoms with Crippen LogP contribution in [-0.4, -0.2) is 4.57 Å². The molecule has 0 aliphatic rings. The Morgan fingerprint density at radius 2 is 1.71 bits per heavy atom. The Kier molecular flexibility index (Phi) is 3.70. The summed E-state index contributed by atoms with van der Waals surface area (Å²) in [6.07, 6.45) is 2.21. The zero-order valence-corrected chi connectivity index (χ0v) is 12.9. The van der Waals surface area contributed by atoms with Crippen molar-refractivity contribution in [2.45, 2.75) is 26.3 Å². The molecule has 3 rings (SSSR count). The highest BCUT2D eigenvalue weighted by Gasteiger charge is 2.05. The summed E-state index contributed by atoms with van der Waals surface area (Å²) in [5.41, 5.74) is 5.17. The maximum Gasteiger partial charge on any atom is 0.0481 e. The van der Waals surface area contributed by atoms with Gasteiger partial charge in [-0.25, -0.2) is 0 Å². The molecule has 2 heteroatoms. The van der Waals surface area contributed by atoms with E-state index in [9.17, 15) is 0 Å². The summed E-state index contributed by atoms with van der Waals surface area (Å²) < 4.78 is 2.19. The van der Waals surface area contributed by atoms with E-state index in [1.807, 2.05) is 0 Å². The number of rotatable bonds is 4. The van der Waals surface area contributed by atoms with Crippen molar-refractivity contribution in [3.63, 3.8) is 0 Å². The monoisotopic (exact) mass is 278 g/mol. The second kappa shape index (κ2) is 5.65. The van der Waals surface area contributed by atoms with Crippen LogP contribution in [0.5, 0.6) is 0 Å². The lowest BCUT2D eigenvalue weighted by Crippen LogP contribution is -1.99. The molecule has 2 nitrogen and oxygen atoms in total. The molecule has 1 heterocycles. The van der Waals surface area contributed by atoms with Crippen LogP contribution in [0.15, 0.2) is 54.7 Å². The lowest BCUT2D eigenvalue weighted by molar-refractivity contribution is 0.867. The Labute approximate surface area is 126 Å². The van der Waals surface area contributed by atoms with Crippen LogP contribution < -0.4 is 5.32 Å². The molecule has 1 N–H and O–H groups in total. The molecular formula is C19H22N2. The zero-order valence-electron chi connectivity index (χ0n) is 12.9. The molecule has 0 radical (unpaired) electrons. The molecule has 0 saturated carbocycles. The van der Waals surface area contributed by atoms with Crippen LogP contribution in [0.1, 0.15) is 30.9 Å². The highest BCUT2D eigenvalue weighted by Crippen LogP contribution is 2.22. The van der Waals surface area contributed by atoms with Crippen molar-refractivity contribution < 1.29 is 0 Å². The van der Waals surface area contributed by atoms with Gasteiger partial charge < -0.3 is 9.88 Å². The first-order valence-corrected chi connectivity index (χ1v) is 7.52. The topological polar surface area (TPSA) is 17.0 Å². The third-order valence-corrected chi connectivity index (χ3v) is 4.04. The smallest absolute Gasteiger partial charge is 0.0481 e. The molecule has 0 aliphatic heterocycles. The third kappa shape index (κ3) is 2.80. The van der Waals surface area contributed by atoms with Gasteiger partial charge in [0.2, 0.25) is 0 Å². The number of anilines is 1. The molecule has 0 aliphatic carbocycles. The number of aryl methyl sites for hydroxylation is 1. The Bertz CT molecular complexity index is 736. The number of nitrogens with zero attached hydrogens (tertiary/aromatic N) is 1. The lowest BCUT2D eigenvalue weighted by atomic mass is 10.0. The normalized spacial score (nSPS) is 11.2. The molecule has 21 heavy (non-hydrogen) atoms. The van der Waals surface area contributed by atoms with Crippen LogP contribution in [0.4, 0.5) is 5.69 Å². The van der Waals surface area contributed by atoms with Gasteiger partial charge in [0.15, 0.2) is 0 Å². The average molecular weight is 278 g/mol. The predicted molar refractivity (Wildman–Crippen MR) is 90.8 cm³/mol. The van der Waals surface area contributed by atoms with E-state index in [-0.39, 0.29) is 0 Å². The summed E-state index contributed by atoms with van der Waals surface area (Å²) in [5.74, 6) is 0.581. The molecule has 0 atom stereocenters. The second-order valence-corrected chi connectivity index (χ2v) is 5.91. The second-order valence-electron chi connectivity index (χ2n) is 5.91. The quantitative estimate of drug-likeness (QED) is 0.717. The van der Waals surface area contributed by atoms with Crippen molar-refractivity contribution >= 4 is 16.6 Å². The lowest BCUT2D eigenvalue weighted by Gasteiger charge is -2.09. The van der Waals surface area contributed by atoms with E-state index in [0.717, 1.165) is 6.54 Å². The number of nitrogens with one attached hydrogen (secondary N) is 1. The van der Waals surface area contributed by atoms with Crippen molar-refractivity contribution in [3.05, 3.63) is 65.9 Å². The number of benzene rings is 2. The maximum atomic E-state index is 3.52. The number of para-hydroxylation sites is 1. The summed E-state index contributed by atoms with van der Waals surface area (Å²) in [7, 11) is 2.10. The van der Waals surface area contributed by atoms with E-state index in [2.05, 4.69) is 85.5 Å². The van der Waals surface area contributed by atoms with E-state index in [0.29, 0.717) is 5.92 Å². The van der Waals surface area contributed by atoms with Crippen molar-refractivity contribution in [2.24, 2.45) is 7.05 Å². The van der Waals surface area contributed by atoms with Gasteiger partial charge in [-0.05, 0) is 35.2 Å². The van der Waals surface area contributed by atoms with E-state index in [1.165, 1.54) is 27.7 Å². The number of fused-ring (bicyclic) bond motifs is 1. The fourth-order valence-corrected chi connectivity index (χ4v) is 2.75. The highest BCUT2D eigenvalue weighted by atomic mass is 14.9. The predicted octanol–water partition coefficient (Wildman–Crippen LogP) is 4.91. The van der Waals surface area contributed by atoms with Gasteiger partial charge >= 0.3 is 0 Å². The van der Waals surface area contributed by atoms with Crippen LogP contribution in [0.25, 0.3) is 10.9 Å². The van der Waals surface area contributed by atoms with E-state index >= 15 is 0 Å². The minimum Gasteiger partial charge on any atom is -0.381 e. The SMILES string of the molecule is CC(C)c1ccc(NCc2cn(C)c3ccccc23)cc1. The molecule has 0 fully saturated rings. The molecule has 0 spiro atoms. The maximum absolute atomic E-state index is 3.52. The molecule has 3 aromatic rings. The third-order valence-electron chi connectivity index (χ3n) is 4.04. The Morgan fingerprint density at radius 1 is 1.00 bits per heavy atom. The molecule has 1 aromatic heterocycles. The van der Waals surface area contributed by atoms with Crippen LogP contribution in [-0.2, 0) is 13.6 Å². The fourth-order valence-electron chi connectivity index (χ4n) is 2.75. The van der Waals surface area contributed by atoms with Crippen molar-refractivity contribution in [1.29, 1.82) is 0 Å². The largest absolute Gasteiger partial charge is 0.381 e.